The molecule has 0 heterocycles. The third-order valence-electron chi connectivity index (χ3n) is 5.29. The second-order valence-corrected chi connectivity index (χ2v) is 6.87. The molecule has 0 radical (unpaired) electrons. The molecule has 1 fully saturated rings. The summed E-state index contributed by atoms with van der Waals surface area (Å²) in [5, 5.41) is 3.56. The Bertz CT molecular complexity index is 421. The van der Waals surface area contributed by atoms with Crippen LogP contribution in [-0.4, -0.2) is 20.2 Å². The Balaban J connectivity index is 1.94. The van der Waals surface area contributed by atoms with Crippen molar-refractivity contribution >= 4 is 0 Å². The lowest BCUT2D eigenvalue weighted by atomic mass is 9.73. The number of benzene rings is 1. The first-order valence-electron chi connectivity index (χ1n) is 8.44. The molecule has 21 heavy (non-hydrogen) atoms. The van der Waals surface area contributed by atoms with Gasteiger partial charge in [-0.25, -0.2) is 0 Å². The van der Waals surface area contributed by atoms with Crippen LogP contribution in [0.25, 0.3) is 0 Å². The first kappa shape index (κ1) is 16.4. The SMILES string of the molecule is CNC(Cc1cccc(OC)c1)C1CCC(C(C)C)CC1. The predicted molar refractivity (Wildman–Crippen MR) is 89.8 cm³/mol. The van der Waals surface area contributed by atoms with Crippen LogP contribution in [0.4, 0.5) is 0 Å². The van der Waals surface area contributed by atoms with Gasteiger partial charge in [0.05, 0.1) is 7.11 Å². The van der Waals surface area contributed by atoms with Gasteiger partial charge in [0.25, 0.3) is 0 Å². The third kappa shape index (κ3) is 4.47. The van der Waals surface area contributed by atoms with E-state index in [0.29, 0.717) is 6.04 Å². The molecule has 0 amide bonds. The van der Waals surface area contributed by atoms with Crippen LogP contribution in [0, 0.1) is 17.8 Å². The van der Waals surface area contributed by atoms with E-state index in [1.165, 1.54) is 31.2 Å². The Morgan fingerprint density at radius 1 is 1.14 bits per heavy atom. The van der Waals surface area contributed by atoms with Crippen LogP contribution in [-0.2, 0) is 6.42 Å². The van der Waals surface area contributed by atoms with E-state index in [2.05, 4.69) is 44.4 Å². The van der Waals surface area contributed by atoms with E-state index in [4.69, 9.17) is 4.74 Å². The van der Waals surface area contributed by atoms with Crippen molar-refractivity contribution in [3.63, 3.8) is 0 Å². The van der Waals surface area contributed by atoms with Crippen molar-refractivity contribution in [3.8, 4) is 5.75 Å². The van der Waals surface area contributed by atoms with Crippen LogP contribution in [0.5, 0.6) is 5.75 Å². The number of methoxy groups -OCH3 is 1. The van der Waals surface area contributed by atoms with Gasteiger partial charge in [0.2, 0.25) is 0 Å². The van der Waals surface area contributed by atoms with E-state index in [-0.39, 0.29) is 0 Å². The maximum absolute atomic E-state index is 5.34. The predicted octanol–water partition coefficient (Wildman–Crippen LogP) is 4.29. The fourth-order valence-electron chi connectivity index (χ4n) is 3.77. The molecular weight excluding hydrogens is 258 g/mol. The molecular formula is C19H31NO. The molecule has 118 valence electrons. The van der Waals surface area contributed by atoms with Crippen LogP contribution in [0.2, 0.25) is 0 Å². The largest absolute Gasteiger partial charge is 0.497 e. The molecule has 1 unspecified atom stereocenters. The molecule has 0 aliphatic heterocycles. The van der Waals surface area contributed by atoms with Crippen molar-refractivity contribution in [1.29, 1.82) is 0 Å². The maximum Gasteiger partial charge on any atom is 0.119 e. The lowest BCUT2D eigenvalue weighted by Crippen LogP contribution is -2.38. The fraction of sp³-hybridized carbons (Fsp3) is 0.684. The highest BCUT2D eigenvalue weighted by molar-refractivity contribution is 5.29. The van der Waals surface area contributed by atoms with Gasteiger partial charge in [-0.05, 0) is 74.6 Å². The van der Waals surface area contributed by atoms with Gasteiger partial charge in [-0.1, -0.05) is 26.0 Å². The van der Waals surface area contributed by atoms with Crippen LogP contribution < -0.4 is 10.1 Å². The van der Waals surface area contributed by atoms with Crippen molar-refractivity contribution in [2.24, 2.45) is 17.8 Å². The van der Waals surface area contributed by atoms with Gasteiger partial charge in [-0.2, -0.15) is 0 Å². The summed E-state index contributed by atoms with van der Waals surface area (Å²) in [4.78, 5) is 0. The average Bonchev–Trinajstić information content (AvgIpc) is 2.53. The van der Waals surface area contributed by atoms with Crippen molar-refractivity contribution in [2.75, 3.05) is 14.2 Å². The number of ether oxygens (including phenoxy) is 1. The van der Waals surface area contributed by atoms with E-state index in [1.807, 2.05) is 6.07 Å². The molecule has 1 N–H and O–H groups in total. The van der Waals surface area contributed by atoms with Crippen LogP contribution in [0.3, 0.4) is 0 Å². The first-order valence-corrected chi connectivity index (χ1v) is 8.44. The lowest BCUT2D eigenvalue weighted by molar-refractivity contribution is 0.191. The highest BCUT2D eigenvalue weighted by Gasteiger charge is 2.28. The minimum Gasteiger partial charge on any atom is -0.497 e. The topological polar surface area (TPSA) is 21.3 Å². The molecule has 0 aromatic heterocycles. The molecule has 0 saturated heterocycles. The zero-order valence-corrected chi connectivity index (χ0v) is 14.1. The summed E-state index contributed by atoms with van der Waals surface area (Å²) in [7, 11) is 3.85. The summed E-state index contributed by atoms with van der Waals surface area (Å²) in [6, 6.07) is 9.09. The summed E-state index contributed by atoms with van der Waals surface area (Å²) < 4.78 is 5.34. The molecule has 1 aromatic rings. The molecule has 1 aromatic carbocycles. The Morgan fingerprint density at radius 3 is 2.38 bits per heavy atom. The summed E-state index contributed by atoms with van der Waals surface area (Å²) in [6.45, 7) is 4.74. The van der Waals surface area contributed by atoms with Crippen LogP contribution in [0.1, 0.15) is 45.1 Å². The van der Waals surface area contributed by atoms with Crippen LogP contribution in [0.15, 0.2) is 24.3 Å². The highest BCUT2D eigenvalue weighted by atomic mass is 16.5. The lowest BCUT2D eigenvalue weighted by Gasteiger charge is -2.35. The minimum absolute atomic E-state index is 0.588. The van der Waals surface area contributed by atoms with E-state index in [9.17, 15) is 0 Å². The van der Waals surface area contributed by atoms with E-state index >= 15 is 0 Å². The number of nitrogens with one attached hydrogen (secondary N) is 1. The average molecular weight is 289 g/mol. The van der Waals surface area contributed by atoms with Gasteiger partial charge < -0.3 is 10.1 Å². The van der Waals surface area contributed by atoms with Gasteiger partial charge >= 0.3 is 0 Å². The zero-order chi connectivity index (χ0) is 15.2. The summed E-state index contributed by atoms with van der Waals surface area (Å²) in [6.07, 6.45) is 6.65. The van der Waals surface area contributed by atoms with E-state index in [1.54, 1.807) is 7.11 Å². The molecule has 2 heteroatoms. The second-order valence-electron chi connectivity index (χ2n) is 6.87. The smallest absolute Gasteiger partial charge is 0.119 e. The summed E-state index contributed by atoms with van der Waals surface area (Å²) >= 11 is 0. The van der Waals surface area contributed by atoms with Crippen molar-refractivity contribution in [1.82, 2.24) is 5.32 Å². The molecule has 1 aliphatic rings. The standard InChI is InChI=1S/C19H31NO/c1-14(2)16-8-10-17(11-9-16)19(20-3)13-15-6-5-7-18(12-15)21-4/h5-7,12,14,16-17,19-20H,8-11,13H2,1-4H3. The van der Waals surface area contributed by atoms with Gasteiger partial charge in [0.15, 0.2) is 0 Å². The number of rotatable bonds is 6. The molecule has 0 spiro atoms. The second kappa shape index (κ2) is 7.84. The maximum atomic E-state index is 5.34. The third-order valence-corrected chi connectivity index (χ3v) is 5.29. The van der Waals surface area contributed by atoms with Crippen LogP contribution >= 0.6 is 0 Å². The molecule has 1 saturated carbocycles. The monoisotopic (exact) mass is 289 g/mol. The number of hydrogen-bond donors (Lipinski definition) is 1. The Kier molecular flexibility index (Phi) is 6.10. The molecule has 2 rings (SSSR count). The Hall–Kier alpha value is -1.02. The van der Waals surface area contributed by atoms with E-state index in [0.717, 1.165) is 29.9 Å². The Labute approximate surface area is 130 Å². The molecule has 1 aliphatic carbocycles. The normalized spacial score (nSPS) is 24.0. The van der Waals surface area contributed by atoms with Crippen molar-refractivity contribution in [2.45, 2.75) is 52.0 Å². The van der Waals surface area contributed by atoms with Crippen molar-refractivity contribution in [3.05, 3.63) is 29.8 Å². The highest BCUT2D eigenvalue weighted by Crippen LogP contribution is 2.35. The number of hydrogen-bond acceptors (Lipinski definition) is 2. The fourth-order valence-corrected chi connectivity index (χ4v) is 3.77. The summed E-state index contributed by atoms with van der Waals surface area (Å²) in [5.41, 5.74) is 1.37. The number of likely N-dealkylation sites (N-methyl/N-ethyl adjacent to an activating group) is 1. The van der Waals surface area contributed by atoms with E-state index < -0.39 is 0 Å². The molecule has 0 bridgehead atoms. The zero-order valence-electron chi connectivity index (χ0n) is 14.1. The van der Waals surface area contributed by atoms with Gasteiger partial charge in [0, 0.05) is 6.04 Å². The van der Waals surface area contributed by atoms with Gasteiger partial charge in [-0.3, -0.25) is 0 Å². The van der Waals surface area contributed by atoms with Gasteiger partial charge in [-0.15, -0.1) is 0 Å². The minimum atomic E-state index is 0.588. The molecule has 1 atom stereocenters. The Morgan fingerprint density at radius 2 is 1.81 bits per heavy atom. The van der Waals surface area contributed by atoms with Gasteiger partial charge in [0.1, 0.15) is 5.75 Å². The quantitative estimate of drug-likeness (QED) is 0.843. The van der Waals surface area contributed by atoms with Crippen molar-refractivity contribution < 1.29 is 4.74 Å². The summed E-state index contributed by atoms with van der Waals surface area (Å²) in [5.74, 6) is 3.56. The first-order chi connectivity index (χ1) is 10.1. The molecule has 2 nitrogen and oxygen atoms in total.